The summed E-state index contributed by atoms with van der Waals surface area (Å²) in [4.78, 5) is 19.3. The Hall–Kier alpha value is -2.65. The predicted octanol–water partition coefficient (Wildman–Crippen LogP) is 3.97. The number of rotatable bonds is 11. The fourth-order valence-electron chi connectivity index (χ4n) is 4.00. The first-order valence-electron chi connectivity index (χ1n) is 11.5. The number of aromatic nitrogens is 2. The normalized spacial score (nSPS) is 12.1. The summed E-state index contributed by atoms with van der Waals surface area (Å²) in [6.07, 6.45) is 1.70. The number of hydrogen-bond acceptors (Lipinski definition) is 5. The smallest absolute Gasteiger partial charge is 0.243 e. The van der Waals surface area contributed by atoms with Gasteiger partial charge in [0.1, 0.15) is 17.3 Å². The summed E-state index contributed by atoms with van der Waals surface area (Å²) in [6, 6.07) is 8.88. The zero-order valence-corrected chi connectivity index (χ0v) is 21.0. The summed E-state index contributed by atoms with van der Waals surface area (Å²) in [5.74, 6) is 2.37. The third-order valence-electron chi connectivity index (χ3n) is 5.77. The molecule has 9 heteroatoms. The van der Waals surface area contributed by atoms with Gasteiger partial charge in [0.15, 0.2) is 0 Å². The Morgan fingerprint density at radius 2 is 1.85 bits per heavy atom. The number of aryl methyl sites for hydroxylation is 3. The van der Waals surface area contributed by atoms with Gasteiger partial charge in [-0.2, -0.15) is 4.31 Å². The second kappa shape index (κ2) is 10.5. The molecule has 0 aliphatic heterocycles. The molecule has 0 fully saturated rings. The largest absolute Gasteiger partial charge is 0.464 e. The van der Waals surface area contributed by atoms with Crippen LogP contribution in [-0.2, 0) is 34.3 Å². The van der Waals surface area contributed by atoms with Crippen LogP contribution >= 0.6 is 0 Å². The van der Waals surface area contributed by atoms with Gasteiger partial charge in [0.05, 0.1) is 22.5 Å². The van der Waals surface area contributed by atoms with Gasteiger partial charge in [-0.15, -0.1) is 0 Å². The van der Waals surface area contributed by atoms with Crippen molar-refractivity contribution in [2.45, 2.75) is 64.9 Å². The average molecular weight is 475 g/mol. The minimum absolute atomic E-state index is 0.00366. The van der Waals surface area contributed by atoms with Crippen molar-refractivity contribution in [1.82, 2.24) is 18.8 Å². The third kappa shape index (κ3) is 5.47. The molecule has 0 spiro atoms. The highest BCUT2D eigenvalue weighted by molar-refractivity contribution is 7.89. The van der Waals surface area contributed by atoms with Gasteiger partial charge in [0, 0.05) is 39.5 Å². The standard InChI is InChI=1S/C24H34N4O4S/c1-6-15-28-22-12-11-20(33(30,31)27(7-2)8-3)16-21(22)25-23(28)13-14-24(29)26(5)17-19-10-9-18(4)32-19/h9-12,16H,6-8,13-15,17H2,1-5H3. The van der Waals surface area contributed by atoms with E-state index in [9.17, 15) is 13.2 Å². The lowest BCUT2D eigenvalue weighted by molar-refractivity contribution is -0.130. The Morgan fingerprint density at radius 1 is 1.12 bits per heavy atom. The molecule has 0 radical (unpaired) electrons. The van der Waals surface area contributed by atoms with Crippen molar-refractivity contribution < 1.29 is 17.6 Å². The Morgan fingerprint density at radius 3 is 2.45 bits per heavy atom. The molecule has 0 aliphatic carbocycles. The third-order valence-corrected chi connectivity index (χ3v) is 7.81. The van der Waals surface area contributed by atoms with Crippen LogP contribution in [0.15, 0.2) is 39.6 Å². The molecule has 180 valence electrons. The number of fused-ring (bicyclic) bond motifs is 1. The minimum Gasteiger partial charge on any atom is -0.464 e. The molecule has 8 nitrogen and oxygen atoms in total. The molecule has 0 atom stereocenters. The Labute approximate surface area is 196 Å². The maximum atomic E-state index is 12.9. The van der Waals surface area contributed by atoms with Crippen molar-refractivity contribution in [3.63, 3.8) is 0 Å². The quantitative estimate of drug-likeness (QED) is 0.420. The molecule has 0 aliphatic rings. The number of imidazole rings is 1. The predicted molar refractivity (Wildman–Crippen MR) is 128 cm³/mol. The molecule has 33 heavy (non-hydrogen) atoms. The highest BCUT2D eigenvalue weighted by Gasteiger charge is 2.23. The van der Waals surface area contributed by atoms with Crippen molar-refractivity contribution in [2.24, 2.45) is 0 Å². The van der Waals surface area contributed by atoms with Gasteiger partial charge < -0.3 is 13.9 Å². The molecule has 0 unspecified atom stereocenters. The molecule has 1 aromatic carbocycles. The second-order valence-electron chi connectivity index (χ2n) is 8.18. The van der Waals surface area contributed by atoms with Gasteiger partial charge in [-0.25, -0.2) is 13.4 Å². The van der Waals surface area contributed by atoms with Gasteiger partial charge in [-0.3, -0.25) is 4.79 Å². The molecule has 0 N–H and O–H groups in total. The number of sulfonamides is 1. The maximum absolute atomic E-state index is 12.9. The summed E-state index contributed by atoms with van der Waals surface area (Å²) >= 11 is 0. The zero-order chi connectivity index (χ0) is 24.2. The number of hydrogen-bond donors (Lipinski definition) is 0. The number of furan rings is 1. The van der Waals surface area contributed by atoms with Crippen molar-refractivity contribution in [3.05, 3.63) is 47.7 Å². The molecule has 0 saturated carbocycles. The van der Waals surface area contributed by atoms with Gasteiger partial charge in [0.2, 0.25) is 15.9 Å². The molecule has 3 aromatic rings. The van der Waals surface area contributed by atoms with Crippen LogP contribution in [0, 0.1) is 6.92 Å². The van der Waals surface area contributed by atoms with Crippen molar-refractivity contribution >= 4 is 27.0 Å². The van der Waals surface area contributed by atoms with E-state index in [0.29, 0.717) is 38.0 Å². The number of carbonyl (C=O) groups is 1. The first-order valence-corrected chi connectivity index (χ1v) is 12.9. The zero-order valence-electron chi connectivity index (χ0n) is 20.2. The molecular weight excluding hydrogens is 440 g/mol. The molecule has 2 aromatic heterocycles. The summed E-state index contributed by atoms with van der Waals surface area (Å²) in [6.45, 7) is 9.62. The second-order valence-corrected chi connectivity index (χ2v) is 10.1. The van der Waals surface area contributed by atoms with Gasteiger partial charge in [-0.05, 0) is 43.7 Å². The van der Waals surface area contributed by atoms with Crippen LogP contribution in [0.2, 0.25) is 0 Å². The number of carbonyl (C=O) groups excluding carboxylic acids is 1. The lowest BCUT2D eigenvalue weighted by Gasteiger charge is -2.18. The lowest BCUT2D eigenvalue weighted by Crippen LogP contribution is -2.30. The van der Waals surface area contributed by atoms with E-state index in [-0.39, 0.29) is 10.8 Å². The lowest BCUT2D eigenvalue weighted by atomic mass is 10.2. The van der Waals surface area contributed by atoms with E-state index in [1.54, 1.807) is 24.1 Å². The topological polar surface area (TPSA) is 88.6 Å². The first kappa shape index (κ1) is 25.0. The van der Waals surface area contributed by atoms with Crippen molar-refractivity contribution in [1.29, 1.82) is 0 Å². The van der Waals surface area contributed by atoms with E-state index < -0.39 is 10.0 Å². The van der Waals surface area contributed by atoms with E-state index in [1.165, 1.54) is 4.31 Å². The van der Waals surface area contributed by atoms with Crippen LogP contribution in [-0.4, -0.2) is 53.2 Å². The van der Waals surface area contributed by atoms with Crippen LogP contribution in [0.5, 0.6) is 0 Å². The highest BCUT2D eigenvalue weighted by atomic mass is 32.2. The molecule has 0 bridgehead atoms. The Balaban J connectivity index is 1.81. The fourth-order valence-corrected chi connectivity index (χ4v) is 5.48. The van der Waals surface area contributed by atoms with Gasteiger partial charge in [-0.1, -0.05) is 20.8 Å². The Kier molecular flexibility index (Phi) is 7.97. The van der Waals surface area contributed by atoms with Crippen LogP contribution < -0.4 is 0 Å². The summed E-state index contributed by atoms with van der Waals surface area (Å²) in [5.41, 5.74) is 1.52. The Bertz CT molecular complexity index is 1210. The molecular formula is C24H34N4O4S. The SMILES string of the molecule is CCCn1c(CCC(=O)N(C)Cc2ccc(C)o2)nc2cc(S(=O)(=O)N(CC)CC)ccc21. The number of benzene rings is 1. The minimum atomic E-state index is -3.56. The summed E-state index contributed by atoms with van der Waals surface area (Å²) in [5, 5.41) is 0. The molecule has 2 heterocycles. The maximum Gasteiger partial charge on any atom is 0.243 e. The first-order chi connectivity index (χ1) is 15.7. The molecule has 0 saturated heterocycles. The monoisotopic (exact) mass is 474 g/mol. The number of amides is 1. The van der Waals surface area contributed by atoms with E-state index >= 15 is 0 Å². The van der Waals surface area contributed by atoms with E-state index in [4.69, 9.17) is 9.40 Å². The van der Waals surface area contributed by atoms with Crippen molar-refractivity contribution in [3.8, 4) is 0 Å². The summed E-state index contributed by atoms with van der Waals surface area (Å²) < 4.78 is 35.0. The molecule has 1 amide bonds. The van der Waals surface area contributed by atoms with E-state index in [0.717, 1.165) is 35.8 Å². The van der Waals surface area contributed by atoms with Crippen LogP contribution in [0.4, 0.5) is 0 Å². The van der Waals surface area contributed by atoms with E-state index in [2.05, 4.69) is 11.5 Å². The number of nitrogens with zero attached hydrogens (tertiary/aromatic N) is 4. The highest BCUT2D eigenvalue weighted by Crippen LogP contribution is 2.24. The summed E-state index contributed by atoms with van der Waals surface area (Å²) in [7, 11) is -1.80. The van der Waals surface area contributed by atoms with Crippen LogP contribution in [0.1, 0.15) is 51.0 Å². The van der Waals surface area contributed by atoms with Crippen LogP contribution in [0.3, 0.4) is 0 Å². The fraction of sp³-hybridized carbons (Fsp3) is 0.500. The van der Waals surface area contributed by atoms with Crippen LogP contribution in [0.25, 0.3) is 11.0 Å². The average Bonchev–Trinajstić information content (AvgIpc) is 3.35. The van der Waals surface area contributed by atoms with Crippen molar-refractivity contribution in [2.75, 3.05) is 20.1 Å². The molecule has 3 rings (SSSR count). The van der Waals surface area contributed by atoms with E-state index in [1.807, 2.05) is 39.0 Å². The van der Waals surface area contributed by atoms with Gasteiger partial charge >= 0.3 is 0 Å². The van der Waals surface area contributed by atoms with Gasteiger partial charge in [0.25, 0.3) is 0 Å².